The average molecular weight is 393 g/mol. The van der Waals surface area contributed by atoms with E-state index in [1.807, 2.05) is 49.4 Å². The van der Waals surface area contributed by atoms with Crippen molar-refractivity contribution < 1.29 is 14.3 Å². The van der Waals surface area contributed by atoms with Gasteiger partial charge in [0.2, 0.25) is 0 Å². The molecule has 6 heteroatoms. The quantitative estimate of drug-likeness (QED) is 0.736. The lowest BCUT2D eigenvalue weighted by molar-refractivity contribution is -0.118. The molecule has 0 aliphatic carbocycles. The second-order valence-corrected chi connectivity index (χ2v) is 7.29. The molecule has 0 bridgehead atoms. The summed E-state index contributed by atoms with van der Waals surface area (Å²) in [5.74, 6) is 0.946. The first-order valence-electron chi connectivity index (χ1n) is 8.68. The van der Waals surface area contributed by atoms with E-state index in [1.165, 1.54) is 0 Å². The maximum absolute atomic E-state index is 12.1. The Morgan fingerprint density at radius 1 is 1.04 bits per heavy atom. The lowest BCUT2D eigenvalue weighted by atomic mass is 10.1. The number of benzene rings is 2. The molecule has 0 unspecified atom stereocenters. The van der Waals surface area contributed by atoms with Gasteiger partial charge in [0.25, 0.3) is 5.91 Å². The number of ether oxygens (including phenoxy) is 2. The molecule has 0 aliphatic rings. The van der Waals surface area contributed by atoms with Crippen molar-refractivity contribution in [3.8, 4) is 11.5 Å². The first-order valence-corrected chi connectivity index (χ1v) is 8.68. The standard InChI is InChI=1S/C21H28N2O3.ClH/c1-15-6-9-17(10-7-15)23-20(24)14-26-18-11-8-16(12-19(18)25-5)13-22-21(2,3)4;/h6-12,22H,13-14H2,1-5H3,(H,23,24);1H. The fourth-order valence-corrected chi connectivity index (χ4v) is 2.29. The van der Waals surface area contributed by atoms with Crippen LogP contribution in [0.1, 0.15) is 31.9 Å². The molecular formula is C21H29ClN2O3. The fraction of sp³-hybridized carbons (Fsp3) is 0.381. The Bertz CT molecular complexity index is 740. The van der Waals surface area contributed by atoms with E-state index in [9.17, 15) is 4.79 Å². The minimum Gasteiger partial charge on any atom is -0.493 e. The summed E-state index contributed by atoms with van der Waals surface area (Å²) in [6.45, 7) is 9.01. The van der Waals surface area contributed by atoms with Crippen LogP contribution >= 0.6 is 12.4 Å². The number of hydrogen-bond acceptors (Lipinski definition) is 4. The minimum absolute atomic E-state index is 0. The van der Waals surface area contributed by atoms with Crippen LogP contribution in [0.2, 0.25) is 0 Å². The molecule has 2 aromatic carbocycles. The average Bonchev–Trinajstić information content (AvgIpc) is 2.59. The molecule has 148 valence electrons. The van der Waals surface area contributed by atoms with Crippen molar-refractivity contribution in [1.29, 1.82) is 0 Å². The highest BCUT2D eigenvalue weighted by Gasteiger charge is 2.12. The Labute approximate surface area is 167 Å². The van der Waals surface area contributed by atoms with Gasteiger partial charge >= 0.3 is 0 Å². The van der Waals surface area contributed by atoms with Crippen molar-refractivity contribution in [2.45, 2.75) is 39.8 Å². The van der Waals surface area contributed by atoms with E-state index in [1.54, 1.807) is 7.11 Å². The van der Waals surface area contributed by atoms with Gasteiger partial charge in [-0.25, -0.2) is 0 Å². The summed E-state index contributed by atoms with van der Waals surface area (Å²) in [6.07, 6.45) is 0. The third-order valence-corrected chi connectivity index (χ3v) is 3.74. The van der Waals surface area contributed by atoms with Gasteiger partial charge in [-0.15, -0.1) is 12.4 Å². The Hall–Kier alpha value is -2.24. The molecule has 0 aromatic heterocycles. The van der Waals surface area contributed by atoms with Gasteiger partial charge in [-0.05, 0) is 57.5 Å². The van der Waals surface area contributed by atoms with Crippen LogP contribution < -0.4 is 20.1 Å². The molecule has 2 N–H and O–H groups in total. The molecular weight excluding hydrogens is 364 g/mol. The lowest BCUT2D eigenvalue weighted by Gasteiger charge is -2.21. The number of rotatable bonds is 7. The van der Waals surface area contributed by atoms with Gasteiger partial charge in [-0.3, -0.25) is 4.79 Å². The van der Waals surface area contributed by atoms with Gasteiger partial charge in [-0.2, -0.15) is 0 Å². The van der Waals surface area contributed by atoms with Crippen molar-refractivity contribution in [3.05, 3.63) is 53.6 Å². The highest BCUT2D eigenvalue weighted by molar-refractivity contribution is 5.91. The second kappa shape index (κ2) is 10.2. The van der Waals surface area contributed by atoms with Crippen molar-refractivity contribution in [2.75, 3.05) is 19.0 Å². The van der Waals surface area contributed by atoms with E-state index < -0.39 is 0 Å². The summed E-state index contributed by atoms with van der Waals surface area (Å²) in [6, 6.07) is 13.3. The van der Waals surface area contributed by atoms with Crippen LogP contribution in [-0.4, -0.2) is 25.2 Å². The van der Waals surface area contributed by atoms with E-state index in [-0.39, 0.29) is 30.5 Å². The number of carbonyl (C=O) groups excluding carboxylic acids is 1. The number of methoxy groups -OCH3 is 1. The summed E-state index contributed by atoms with van der Waals surface area (Å²) in [5.41, 5.74) is 3.02. The number of amides is 1. The lowest BCUT2D eigenvalue weighted by Crippen LogP contribution is -2.35. The third-order valence-electron chi connectivity index (χ3n) is 3.74. The van der Waals surface area contributed by atoms with Gasteiger partial charge in [0.05, 0.1) is 7.11 Å². The zero-order chi connectivity index (χ0) is 19.2. The summed E-state index contributed by atoms with van der Waals surface area (Å²) < 4.78 is 11.0. The SMILES string of the molecule is COc1cc(CNC(C)(C)C)ccc1OCC(=O)Nc1ccc(C)cc1.Cl. The molecule has 0 atom stereocenters. The third kappa shape index (κ3) is 7.89. The fourth-order valence-electron chi connectivity index (χ4n) is 2.29. The first kappa shape index (κ1) is 22.8. The predicted octanol–water partition coefficient (Wildman–Crippen LogP) is 4.33. The molecule has 0 saturated carbocycles. The van der Waals surface area contributed by atoms with Crippen molar-refractivity contribution in [3.63, 3.8) is 0 Å². The van der Waals surface area contributed by atoms with Crippen LogP contribution in [0, 0.1) is 6.92 Å². The molecule has 5 nitrogen and oxygen atoms in total. The Balaban J connectivity index is 0.00000364. The summed E-state index contributed by atoms with van der Waals surface area (Å²) >= 11 is 0. The molecule has 0 aliphatic heterocycles. The molecule has 0 radical (unpaired) electrons. The normalized spacial score (nSPS) is 10.7. The Kier molecular flexibility index (Phi) is 8.60. The van der Waals surface area contributed by atoms with Crippen molar-refractivity contribution in [2.24, 2.45) is 0 Å². The highest BCUT2D eigenvalue weighted by Crippen LogP contribution is 2.28. The number of aryl methyl sites for hydroxylation is 1. The topological polar surface area (TPSA) is 59.6 Å². The first-order chi connectivity index (χ1) is 12.3. The second-order valence-electron chi connectivity index (χ2n) is 7.29. The molecule has 0 heterocycles. The maximum atomic E-state index is 12.1. The molecule has 2 aromatic rings. The highest BCUT2D eigenvalue weighted by atomic mass is 35.5. The van der Waals surface area contributed by atoms with Crippen molar-refractivity contribution in [1.82, 2.24) is 5.32 Å². The Morgan fingerprint density at radius 3 is 2.30 bits per heavy atom. The summed E-state index contributed by atoms with van der Waals surface area (Å²) in [4.78, 5) is 12.1. The van der Waals surface area contributed by atoms with Gasteiger partial charge in [0.15, 0.2) is 18.1 Å². The van der Waals surface area contributed by atoms with Crippen LogP contribution in [0.3, 0.4) is 0 Å². The van der Waals surface area contributed by atoms with Crippen LogP contribution in [-0.2, 0) is 11.3 Å². The van der Waals surface area contributed by atoms with E-state index in [0.717, 1.165) is 23.4 Å². The number of halogens is 1. The largest absolute Gasteiger partial charge is 0.493 e. The van der Waals surface area contributed by atoms with Gasteiger partial charge in [0.1, 0.15) is 0 Å². The number of hydrogen-bond donors (Lipinski definition) is 2. The van der Waals surface area contributed by atoms with Crippen LogP contribution in [0.25, 0.3) is 0 Å². The molecule has 2 rings (SSSR count). The number of nitrogens with one attached hydrogen (secondary N) is 2. The smallest absolute Gasteiger partial charge is 0.262 e. The Morgan fingerprint density at radius 2 is 1.70 bits per heavy atom. The van der Waals surface area contributed by atoms with Gasteiger partial charge < -0.3 is 20.1 Å². The molecule has 0 saturated heterocycles. The minimum atomic E-state index is -0.214. The van der Waals surface area contributed by atoms with E-state index in [0.29, 0.717) is 11.5 Å². The van der Waals surface area contributed by atoms with Crippen LogP contribution in [0.15, 0.2) is 42.5 Å². The molecule has 27 heavy (non-hydrogen) atoms. The summed E-state index contributed by atoms with van der Waals surface area (Å²) in [5, 5.41) is 6.24. The summed E-state index contributed by atoms with van der Waals surface area (Å²) in [7, 11) is 1.59. The van der Waals surface area contributed by atoms with Crippen molar-refractivity contribution >= 4 is 24.0 Å². The molecule has 0 fully saturated rings. The predicted molar refractivity (Wildman–Crippen MR) is 112 cm³/mol. The maximum Gasteiger partial charge on any atom is 0.262 e. The monoisotopic (exact) mass is 392 g/mol. The number of anilines is 1. The van der Waals surface area contributed by atoms with Gasteiger partial charge in [-0.1, -0.05) is 23.8 Å². The van der Waals surface area contributed by atoms with E-state index in [2.05, 4.69) is 31.4 Å². The van der Waals surface area contributed by atoms with E-state index >= 15 is 0 Å². The van der Waals surface area contributed by atoms with Crippen LogP contribution in [0.5, 0.6) is 11.5 Å². The molecule has 1 amide bonds. The van der Waals surface area contributed by atoms with Crippen LogP contribution in [0.4, 0.5) is 5.69 Å². The molecule has 0 spiro atoms. The number of carbonyl (C=O) groups is 1. The zero-order valence-corrected chi connectivity index (χ0v) is 17.4. The van der Waals surface area contributed by atoms with E-state index in [4.69, 9.17) is 9.47 Å². The zero-order valence-electron chi connectivity index (χ0n) is 16.6. The van der Waals surface area contributed by atoms with Gasteiger partial charge in [0, 0.05) is 17.8 Å².